The second kappa shape index (κ2) is 3.93. The van der Waals surface area contributed by atoms with Gasteiger partial charge in [0.25, 0.3) is 0 Å². The normalized spacial score (nSPS) is 11.0. The maximum atomic E-state index is 13.1. The van der Waals surface area contributed by atoms with E-state index >= 15 is 0 Å². The minimum absolute atomic E-state index is 0.199. The first-order chi connectivity index (χ1) is 7.27. The molecule has 0 fully saturated rings. The van der Waals surface area contributed by atoms with Crippen LogP contribution in [0.2, 0.25) is 0 Å². The third kappa shape index (κ3) is 2.19. The number of carbonyl (C=O) groups is 1. The molecule has 0 aliphatic rings. The number of ketones is 1. The van der Waals surface area contributed by atoms with Gasteiger partial charge in [0.1, 0.15) is 11.9 Å². The molecule has 16 heavy (non-hydrogen) atoms. The van der Waals surface area contributed by atoms with E-state index in [1.54, 1.807) is 0 Å². The molecule has 0 amide bonds. The number of benzene rings is 1. The van der Waals surface area contributed by atoms with Crippen molar-refractivity contribution in [3.63, 3.8) is 0 Å². The SMILES string of the molecule is CC(=O)c1cc(C(F)(F)F)cc(F)c1C#N. The van der Waals surface area contributed by atoms with E-state index in [0.29, 0.717) is 6.07 Å². The highest BCUT2D eigenvalue weighted by atomic mass is 19.4. The summed E-state index contributed by atoms with van der Waals surface area (Å²) in [7, 11) is 0. The van der Waals surface area contributed by atoms with Crippen LogP contribution in [0, 0.1) is 17.1 Å². The molecule has 84 valence electrons. The number of halogens is 4. The van der Waals surface area contributed by atoms with Crippen molar-refractivity contribution in [2.24, 2.45) is 0 Å². The van der Waals surface area contributed by atoms with Crippen LogP contribution in [0.5, 0.6) is 0 Å². The summed E-state index contributed by atoms with van der Waals surface area (Å²) >= 11 is 0. The van der Waals surface area contributed by atoms with Crippen molar-refractivity contribution in [3.05, 3.63) is 34.6 Å². The zero-order valence-electron chi connectivity index (χ0n) is 8.02. The Morgan fingerprint density at radius 2 is 1.94 bits per heavy atom. The van der Waals surface area contributed by atoms with Crippen LogP contribution < -0.4 is 0 Å². The van der Waals surface area contributed by atoms with Crippen LogP contribution in [0.1, 0.15) is 28.4 Å². The van der Waals surface area contributed by atoms with Crippen molar-refractivity contribution in [1.29, 1.82) is 5.26 Å². The van der Waals surface area contributed by atoms with E-state index in [1.165, 1.54) is 6.07 Å². The largest absolute Gasteiger partial charge is 0.416 e. The van der Waals surface area contributed by atoms with E-state index in [1.807, 2.05) is 0 Å². The minimum Gasteiger partial charge on any atom is -0.294 e. The molecular formula is C10H5F4NO. The molecule has 0 unspecified atom stereocenters. The van der Waals surface area contributed by atoms with Crippen molar-refractivity contribution in [2.75, 3.05) is 0 Å². The topological polar surface area (TPSA) is 40.9 Å². The second-order valence-corrected chi connectivity index (χ2v) is 3.05. The summed E-state index contributed by atoms with van der Waals surface area (Å²) in [5.41, 5.74) is -2.51. The van der Waals surface area contributed by atoms with E-state index in [2.05, 4.69) is 0 Å². The molecule has 0 heterocycles. The number of rotatable bonds is 1. The van der Waals surface area contributed by atoms with Gasteiger partial charge in [-0.2, -0.15) is 18.4 Å². The molecule has 0 aromatic heterocycles. The first-order valence-corrected chi connectivity index (χ1v) is 4.09. The van der Waals surface area contributed by atoms with E-state index < -0.39 is 34.5 Å². The van der Waals surface area contributed by atoms with E-state index in [0.717, 1.165) is 6.92 Å². The first kappa shape index (κ1) is 12.2. The Labute approximate surface area is 88.1 Å². The number of nitriles is 1. The Morgan fingerprint density at radius 3 is 2.31 bits per heavy atom. The summed E-state index contributed by atoms with van der Waals surface area (Å²) in [6, 6.07) is 2.04. The standard InChI is InChI=1S/C10H5F4NO/c1-5(16)7-2-6(10(12,13)14)3-9(11)8(7)4-15/h2-3H,1H3. The number of Topliss-reactive ketones (excluding diaryl/α,β-unsaturated/α-hetero) is 1. The van der Waals surface area contributed by atoms with Crippen LogP contribution >= 0.6 is 0 Å². The zero-order chi connectivity index (χ0) is 12.5. The highest BCUT2D eigenvalue weighted by molar-refractivity contribution is 5.96. The van der Waals surface area contributed by atoms with Gasteiger partial charge < -0.3 is 0 Å². The summed E-state index contributed by atoms with van der Waals surface area (Å²) in [4.78, 5) is 11.0. The number of hydrogen-bond acceptors (Lipinski definition) is 2. The zero-order valence-corrected chi connectivity index (χ0v) is 8.02. The molecule has 1 aromatic carbocycles. The van der Waals surface area contributed by atoms with Crippen molar-refractivity contribution >= 4 is 5.78 Å². The summed E-state index contributed by atoms with van der Waals surface area (Å²) < 4.78 is 50.0. The van der Waals surface area contributed by atoms with Gasteiger partial charge in [-0.25, -0.2) is 4.39 Å². The predicted molar refractivity (Wildman–Crippen MR) is 46.1 cm³/mol. The van der Waals surface area contributed by atoms with Crippen LogP contribution in [0.3, 0.4) is 0 Å². The Morgan fingerprint density at radius 1 is 1.38 bits per heavy atom. The number of hydrogen-bond donors (Lipinski definition) is 0. The van der Waals surface area contributed by atoms with Crippen molar-refractivity contribution in [2.45, 2.75) is 13.1 Å². The Kier molecular flexibility index (Phi) is 2.99. The first-order valence-electron chi connectivity index (χ1n) is 4.09. The number of carbonyl (C=O) groups excluding carboxylic acids is 1. The number of nitrogens with zero attached hydrogens (tertiary/aromatic N) is 1. The molecule has 2 nitrogen and oxygen atoms in total. The van der Waals surface area contributed by atoms with E-state index in [-0.39, 0.29) is 6.07 Å². The molecule has 0 saturated carbocycles. The van der Waals surface area contributed by atoms with Crippen molar-refractivity contribution < 1.29 is 22.4 Å². The summed E-state index contributed by atoms with van der Waals surface area (Å²) in [5.74, 6) is -2.14. The molecular weight excluding hydrogens is 226 g/mol. The van der Waals surface area contributed by atoms with E-state index in [9.17, 15) is 22.4 Å². The fourth-order valence-electron chi connectivity index (χ4n) is 1.16. The summed E-state index contributed by atoms with van der Waals surface area (Å²) in [6.45, 7) is 0.968. The highest BCUT2D eigenvalue weighted by Gasteiger charge is 2.33. The number of alkyl halides is 3. The Hall–Kier alpha value is -1.90. The summed E-state index contributed by atoms with van der Waals surface area (Å²) in [5, 5.41) is 8.52. The Balaban J connectivity index is 3.54. The van der Waals surface area contributed by atoms with Crippen LogP contribution in [0.25, 0.3) is 0 Å². The average molecular weight is 231 g/mol. The lowest BCUT2D eigenvalue weighted by Crippen LogP contribution is -2.10. The fraction of sp³-hybridized carbons (Fsp3) is 0.200. The van der Waals surface area contributed by atoms with Gasteiger partial charge in [-0.15, -0.1) is 0 Å². The third-order valence-electron chi connectivity index (χ3n) is 1.91. The van der Waals surface area contributed by atoms with Crippen LogP contribution in [0.15, 0.2) is 12.1 Å². The van der Waals surface area contributed by atoms with Gasteiger partial charge >= 0.3 is 6.18 Å². The van der Waals surface area contributed by atoms with E-state index in [4.69, 9.17) is 5.26 Å². The molecule has 6 heteroatoms. The fourth-order valence-corrected chi connectivity index (χ4v) is 1.16. The maximum absolute atomic E-state index is 13.1. The third-order valence-corrected chi connectivity index (χ3v) is 1.91. The Bertz CT molecular complexity index is 485. The lowest BCUT2D eigenvalue weighted by molar-refractivity contribution is -0.137. The minimum atomic E-state index is -4.75. The van der Waals surface area contributed by atoms with Gasteiger partial charge in [0.05, 0.1) is 11.1 Å². The van der Waals surface area contributed by atoms with Gasteiger partial charge in [0.15, 0.2) is 5.78 Å². The molecule has 0 bridgehead atoms. The molecule has 0 saturated heterocycles. The smallest absolute Gasteiger partial charge is 0.294 e. The lowest BCUT2D eigenvalue weighted by atomic mass is 10.0. The molecule has 1 aromatic rings. The van der Waals surface area contributed by atoms with Gasteiger partial charge in [-0.1, -0.05) is 0 Å². The molecule has 0 atom stereocenters. The van der Waals surface area contributed by atoms with Crippen molar-refractivity contribution in [1.82, 2.24) is 0 Å². The van der Waals surface area contributed by atoms with Crippen LogP contribution in [-0.4, -0.2) is 5.78 Å². The van der Waals surface area contributed by atoms with Crippen LogP contribution in [-0.2, 0) is 6.18 Å². The molecule has 0 N–H and O–H groups in total. The molecule has 0 radical (unpaired) electrons. The molecule has 0 aliphatic heterocycles. The molecule has 0 aliphatic carbocycles. The van der Waals surface area contributed by atoms with Gasteiger partial charge in [0.2, 0.25) is 0 Å². The highest BCUT2D eigenvalue weighted by Crippen LogP contribution is 2.31. The summed E-state index contributed by atoms with van der Waals surface area (Å²) in [6.07, 6.45) is -4.75. The van der Waals surface area contributed by atoms with Gasteiger partial charge in [-0.3, -0.25) is 4.79 Å². The van der Waals surface area contributed by atoms with Gasteiger partial charge in [-0.05, 0) is 19.1 Å². The second-order valence-electron chi connectivity index (χ2n) is 3.05. The maximum Gasteiger partial charge on any atom is 0.416 e. The quantitative estimate of drug-likeness (QED) is 0.550. The monoisotopic (exact) mass is 231 g/mol. The predicted octanol–water partition coefficient (Wildman–Crippen LogP) is 2.92. The lowest BCUT2D eigenvalue weighted by Gasteiger charge is -2.09. The van der Waals surface area contributed by atoms with Gasteiger partial charge in [0, 0.05) is 5.56 Å². The van der Waals surface area contributed by atoms with Crippen molar-refractivity contribution in [3.8, 4) is 6.07 Å². The molecule has 0 spiro atoms. The van der Waals surface area contributed by atoms with Crippen LogP contribution in [0.4, 0.5) is 17.6 Å². The molecule has 1 rings (SSSR count). The average Bonchev–Trinajstić information content (AvgIpc) is 2.14.